The second-order valence-electron chi connectivity index (χ2n) is 5.29. The molecule has 4 nitrogen and oxygen atoms in total. The SMILES string of the molecule is c1ccc2oc(N3CCCC4CNCC43)nc2c1. The summed E-state index contributed by atoms with van der Waals surface area (Å²) < 4.78 is 5.90. The number of oxazole rings is 1. The molecular weight excluding hydrogens is 226 g/mol. The fourth-order valence-electron chi connectivity index (χ4n) is 3.29. The normalized spacial score (nSPS) is 27.7. The van der Waals surface area contributed by atoms with E-state index in [0.717, 1.165) is 42.7 Å². The number of piperidine rings is 1. The summed E-state index contributed by atoms with van der Waals surface area (Å²) in [6.45, 7) is 3.26. The molecule has 0 aliphatic carbocycles. The van der Waals surface area contributed by atoms with Crippen LogP contribution in [0.4, 0.5) is 6.01 Å². The van der Waals surface area contributed by atoms with Crippen molar-refractivity contribution in [1.82, 2.24) is 10.3 Å². The summed E-state index contributed by atoms with van der Waals surface area (Å²) in [7, 11) is 0. The molecule has 0 amide bonds. The summed E-state index contributed by atoms with van der Waals surface area (Å²) in [5, 5.41) is 3.49. The molecule has 4 rings (SSSR count). The molecule has 94 valence electrons. The van der Waals surface area contributed by atoms with Crippen LogP contribution in [-0.2, 0) is 0 Å². The highest BCUT2D eigenvalue weighted by atomic mass is 16.4. The van der Waals surface area contributed by atoms with Crippen molar-refractivity contribution >= 4 is 17.1 Å². The molecule has 2 unspecified atom stereocenters. The third-order valence-corrected chi connectivity index (χ3v) is 4.21. The number of hydrogen-bond acceptors (Lipinski definition) is 4. The second kappa shape index (κ2) is 3.99. The molecule has 18 heavy (non-hydrogen) atoms. The standard InChI is InChI=1S/C14H17N3O/c1-2-6-13-11(5-1)16-14(18-13)17-7-3-4-10-8-15-9-12(10)17/h1-2,5-6,10,12,15H,3-4,7-9H2. The number of benzene rings is 1. The number of aromatic nitrogens is 1. The van der Waals surface area contributed by atoms with E-state index in [0.29, 0.717) is 6.04 Å². The van der Waals surface area contributed by atoms with E-state index in [-0.39, 0.29) is 0 Å². The number of rotatable bonds is 1. The van der Waals surface area contributed by atoms with Gasteiger partial charge in [0.2, 0.25) is 0 Å². The predicted octanol–water partition coefficient (Wildman–Crippen LogP) is 2.02. The van der Waals surface area contributed by atoms with Gasteiger partial charge >= 0.3 is 0 Å². The van der Waals surface area contributed by atoms with Crippen molar-refractivity contribution in [2.45, 2.75) is 18.9 Å². The molecule has 2 atom stereocenters. The summed E-state index contributed by atoms with van der Waals surface area (Å²) in [5.41, 5.74) is 1.85. The summed E-state index contributed by atoms with van der Waals surface area (Å²) in [6, 6.07) is 9.36. The highest BCUT2D eigenvalue weighted by Crippen LogP contribution is 2.32. The van der Waals surface area contributed by atoms with Gasteiger partial charge in [-0.25, -0.2) is 0 Å². The zero-order valence-corrected chi connectivity index (χ0v) is 10.3. The molecule has 1 aromatic heterocycles. The van der Waals surface area contributed by atoms with Crippen molar-refractivity contribution in [3.05, 3.63) is 24.3 Å². The number of hydrogen-bond donors (Lipinski definition) is 1. The minimum absolute atomic E-state index is 0.562. The van der Waals surface area contributed by atoms with E-state index in [1.54, 1.807) is 0 Å². The molecular formula is C14H17N3O. The summed E-state index contributed by atoms with van der Waals surface area (Å²) in [4.78, 5) is 6.98. The van der Waals surface area contributed by atoms with Gasteiger partial charge in [-0.3, -0.25) is 0 Å². The number of para-hydroxylation sites is 2. The van der Waals surface area contributed by atoms with Gasteiger partial charge in [0.25, 0.3) is 6.01 Å². The lowest BCUT2D eigenvalue weighted by Crippen LogP contribution is -2.45. The van der Waals surface area contributed by atoms with Crippen molar-refractivity contribution < 1.29 is 4.42 Å². The Kier molecular flexibility index (Phi) is 2.30. The third-order valence-electron chi connectivity index (χ3n) is 4.21. The van der Waals surface area contributed by atoms with E-state index in [9.17, 15) is 0 Å². The van der Waals surface area contributed by atoms with Gasteiger partial charge in [0.05, 0.1) is 0 Å². The lowest BCUT2D eigenvalue weighted by atomic mass is 9.92. The summed E-state index contributed by atoms with van der Waals surface area (Å²) >= 11 is 0. The Labute approximate surface area is 106 Å². The molecule has 2 aliphatic rings. The minimum Gasteiger partial charge on any atom is -0.423 e. The van der Waals surface area contributed by atoms with Crippen LogP contribution in [-0.4, -0.2) is 30.7 Å². The van der Waals surface area contributed by atoms with Crippen molar-refractivity contribution in [2.24, 2.45) is 5.92 Å². The maximum absolute atomic E-state index is 5.90. The van der Waals surface area contributed by atoms with Crippen molar-refractivity contribution in [2.75, 3.05) is 24.5 Å². The lowest BCUT2D eigenvalue weighted by molar-refractivity contribution is 0.365. The quantitative estimate of drug-likeness (QED) is 0.832. The Hall–Kier alpha value is -1.55. The average Bonchev–Trinajstić information content (AvgIpc) is 3.04. The molecule has 2 aliphatic heterocycles. The maximum atomic E-state index is 5.90. The molecule has 0 radical (unpaired) electrons. The zero-order valence-electron chi connectivity index (χ0n) is 10.3. The first-order valence-corrected chi connectivity index (χ1v) is 6.75. The van der Waals surface area contributed by atoms with Gasteiger partial charge in [-0.2, -0.15) is 4.98 Å². The summed E-state index contributed by atoms with van der Waals surface area (Å²) in [6.07, 6.45) is 2.57. The van der Waals surface area contributed by atoms with Gasteiger partial charge in [0, 0.05) is 25.7 Å². The Morgan fingerprint density at radius 2 is 2.22 bits per heavy atom. The van der Waals surface area contributed by atoms with Crippen molar-refractivity contribution in [3.8, 4) is 0 Å². The predicted molar refractivity (Wildman–Crippen MR) is 70.7 cm³/mol. The van der Waals surface area contributed by atoms with Crippen LogP contribution in [0.1, 0.15) is 12.8 Å². The largest absolute Gasteiger partial charge is 0.423 e. The monoisotopic (exact) mass is 243 g/mol. The van der Waals surface area contributed by atoms with Crippen LogP contribution in [0.2, 0.25) is 0 Å². The first-order valence-electron chi connectivity index (χ1n) is 6.75. The van der Waals surface area contributed by atoms with Gasteiger partial charge in [-0.1, -0.05) is 12.1 Å². The van der Waals surface area contributed by atoms with Gasteiger partial charge in [0.15, 0.2) is 5.58 Å². The molecule has 3 heterocycles. The molecule has 1 N–H and O–H groups in total. The van der Waals surface area contributed by atoms with E-state index >= 15 is 0 Å². The van der Waals surface area contributed by atoms with Crippen molar-refractivity contribution in [1.29, 1.82) is 0 Å². The molecule has 2 aromatic rings. The van der Waals surface area contributed by atoms with Crippen LogP contribution in [0.15, 0.2) is 28.7 Å². The third kappa shape index (κ3) is 1.52. The molecule has 2 saturated heterocycles. The lowest BCUT2D eigenvalue weighted by Gasteiger charge is -2.35. The van der Waals surface area contributed by atoms with E-state index in [1.807, 2.05) is 24.3 Å². The Balaban J connectivity index is 1.72. The Bertz CT molecular complexity index is 532. The average molecular weight is 243 g/mol. The van der Waals surface area contributed by atoms with Crippen LogP contribution in [0.5, 0.6) is 0 Å². The van der Waals surface area contributed by atoms with Crippen LogP contribution < -0.4 is 10.2 Å². The van der Waals surface area contributed by atoms with E-state index in [2.05, 4.69) is 15.2 Å². The molecule has 4 heteroatoms. The number of anilines is 1. The maximum Gasteiger partial charge on any atom is 0.298 e. The highest BCUT2D eigenvalue weighted by molar-refractivity contribution is 5.74. The van der Waals surface area contributed by atoms with Crippen LogP contribution in [0.3, 0.4) is 0 Å². The fourth-order valence-corrected chi connectivity index (χ4v) is 3.29. The number of fused-ring (bicyclic) bond motifs is 2. The number of nitrogens with one attached hydrogen (secondary N) is 1. The molecule has 0 saturated carbocycles. The van der Waals surface area contributed by atoms with Gasteiger partial charge in [-0.05, 0) is 30.9 Å². The van der Waals surface area contributed by atoms with Crippen LogP contribution in [0.25, 0.3) is 11.1 Å². The first kappa shape index (κ1) is 10.4. The molecule has 0 spiro atoms. The van der Waals surface area contributed by atoms with E-state index in [4.69, 9.17) is 4.42 Å². The van der Waals surface area contributed by atoms with Gasteiger partial charge in [0.1, 0.15) is 5.52 Å². The van der Waals surface area contributed by atoms with E-state index in [1.165, 1.54) is 12.8 Å². The Morgan fingerprint density at radius 3 is 3.17 bits per heavy atom. The van der Waals surface area contributed by atoms with E-state index < -0.39 is 0 Å². The highest BCUT2D eigenvalue weighted by Gasteiger charge is 2.36. The Morgan fingerprint density at radius 1 is 1.28 bits per heavy atom. The van der Waals surface area contributed by atoms with Crippen LogP contribution in [0, 0.1) is 5.92 Å². The smallest absolute Gasteiger partial charge is 0.298 e. The number of nitrogens with zero attached hydrogens (tertiary/aromatic N) is 2. The minimum atomic E-state index is 0.562. The molecule has 0 bridgehead atoms. The van der Waals surface area contributed by atoms with Crippen molar-refractivity contribution in [3.63, 3.8) is 0 Å². The first-order chi connectivity index (χ1) is 8.92. The van der Waals surface area contributed by atoms with Gasteiger partial charge in [-0.15, -0.1) is 0 Å². The zero-order chi connectivity index (χ0) is 11.9. The topological polar surface area (TPSA) is 41.3 Å². The fraction of sp³-hybridized carbons (Fsp3) is 0.500. The molecule has 1 aromatic carbocycles. The van der Waals surface area contributed by atoms with Crippen LogP contribution >= 0.6 is 0 Å². The summed E-state index contributed by atoms with van der Waals surface area (Å²) in [5.74, 6) is 0.758. The van der Waals surface area contributed by atoms with Gasteiger partial charge < -0.3 is 14.6 Å². The second-order valence-corrected chi connectivity index (χ2v) is 5.29. The molecule has 2 fully saturated rings.